The van der Waals surface area contributed by atoms with Gasteiger partial charge in [-0.2, -0.15) is 0 Å². The van der Waals surface area contributed by atoms with Crippen LogP contribution in [0.2, 0.25) is 0 Å². The second-order valence-electron chi connectivity index (χ2n) is 3.83. The Morgan fingerprint density at radius 3 is 2.68 bits per heavy atom. The monoisotopic (exact) mass is 323 g/mol. The van der Waals surface area contributed by atoms with Crippen molar-refractivity contribution in [3.63, 3.8) is 0 Å². The molecule has 0 aromatic heterocycles. The molecule has 2 rings (SSSR count). The van der Waals surface area contributed by atoms with Crippen molar-refractivity contribution in [3.05, 3.63) is 52.8 Å². The number of nitrogens with two attached hydrogens (primary N) is 1. The number of nitrogen functional groups attached to an aromatic ring is 1. The molecule has 0 spiro atoms. The zero-order valence-electron chi connectivity index (χ0n) is 9.78. The van der Waals surface area contributed by atoms with Gasteiger partial charge in [0.2, 0.25) is 0 Å². The Bertz CT molecular complexity index is 619. The first-order valence-electron chi connectivity index (χ1n) is 5.43. The van der Waals surface area contributed by atoms with Crippen LogP contribution in [0.5, 0.6) is 0 Å². The van der Waals surface area contributed by atoms with Crippen LogP contribution in [0.15, 0.2) is 46.9 Å². The maximum absolute atomic E-state index is 13.1. The summed E-state index contributed by atoms with van der Waals surface area (Å²) in [5.41, 5.74) is 7.06. The van der Waals surface area contributed by atoms with Crippen LogP contribution < -0.4 is 16.4 Å². The van der Waals surface area contributed by atoms with Crippen molar-refractivity contribution in [2.75, 3.05) is 16.4 Å². The van der Waals surface area contributed by atoms with Gasteiger partial charge in [0.05, 0.1) is 5.69 Å². The van der Waals surface area contributed by atoms with E-state index in [2.05, 4.69) is 26.6 Å². The SMILES string of the molecule is Nc1cccc(NC(=O)Nc2cc(F)ccc2Br)c1. The lowest BCUT2D eigenvalue weighted by molar-refractivity contribution is 0.262. The largest absolute Gasteiger partial charge is 0.399 e. The molecule has 2 amide bonds. The number of hydrogen-bond donors (Lipinski definition) is 3. The molecule has 2 aromatic rings. The minimum Gasteiger partial charge on any atom is -0.399 e. The molecule has 0 saturated heterocycles. The van der Waals surface area contributed by atoms with Crippen molar-refractivity contribution in [2.24, 2.45) is 0 Å². The van der Waals surface area contributed by atoms with Crippen LogP contribution in [0.4, 0.5) is 26.2 Å². The first-order valence-corrected chi connectivity index (χ1v) is 6.22. The van der Waals surface area contributed by atoms with Crippen molar-refractivity contribution in [3.8, 4) is 0 Å². The van der Waals surface area contributed by atoms with Crippen LogP contribution >= 0.6 is 15.9 Å². The molecule has 0 fully saturated rings. The van der Waals surface area contributed by atoms with Crippen molar-refractivity contribution < 1.29 is 9.18 Å². The van der Waals surface area contributed by atoms with Gasteiger partial charge in [0, 0.05) is 15.8 Å². The average molecular weight is 324 g/mol. The Morgan fingerprint density at radius 2 is 1.95 bits per heavy atom. The van der Waals surface area contributed by atoms with Crippen LogP contribution in [-0.2, 0) is 0 Å². The number of anilines is 3. The quantitative estimate of drug-likeness (QED) is 0.735. The molecular weight excluding hydrogens is 313 g/mol. The number of rotatable bonds is 2. The normalized spacial score (nSPS) is 10.0. The molecule has 0 radical (unpaired) electrons. The summed E-state index contributed by atoms with van der Waals surface area (Å²) in [7, 11) is 0. The minimum absolute atomic E-state index is 0.349. The Morgan fingerprint density at radius 1 is 1.16 bits per heavy atom. The fraction of sp³-hybridized carbons (Fsp3) is 0. The lowest BCUT2D eigenvalue weighted by atomic mass is 10.3. The van der Waals surface area contributed by atoms with Gasteiger partial charge in [0.25, 0.3) is 0 Å². The van der Waals surface area contributed by atoms with E-state index in [1.54, 1.807) is 24.3 Å². The van der Waals surface area contributed by atoms with Crippen LogP contribution in [-0.4, -0.2) is 6.03 Å². The molecule has 0 saturated carbocycles. The molecule has 0 bridgehead atoms. The Labute approximate surface area is 117 Å². The van der Waals surface area contributed by atoms with Gasteiger partial charge in [-0.15, -0.1) is 0 Å². The molecule has 4 N–H and O–H groups in total. The summed E-state index contributed by atoms with van der Waals surface area (Å²) in [6.45, 7) is 0. The van der Waals surface area contributed by atoms with Gasteiger partial charge in [-0.1, -0.05) is 6.07 Å². The lowest BCUT2D eigenvalue weighted by Crippen LogP contribution is -2.19. The number of carbonyl (C=O) groups is 1. The highest BCUT2D eigenvalue weighted by molar-refractivity contribution is 9.10. The van der Waals surface area contributed by atoms with Crippen molar-refractivity contribution >= 4 is 39.0 Å². The molecule has 0 unspecified atom stereocenters. The van der Waals surface area contributed by atoms with Gasteiger partial charge in [-0.25, -0.2) is 9.18 Å². The third-order valence-electron chi connectivity index (χ3n) is 2.32. The van der Waals surface area contributed by atoms with E-state index in [0.717, 1.165) is 0 Å². The summed E-state index contributed by atoms with van der Waals surface area (Å²) in [4.78, 5) is 11.8. The number of benzene rings is 2. The van der Waals surface area contributed by atoms with E-state index >= 15 is 0 Å². The Kier molecular flexibility index (Phi) is 4.01. The number of halogens is 2. The summed E-state index contributed by atoms with van der Waals surface area (Å²) in [6, 6.07) is 10.3. The molecule has 19 heavy (non-hydrogen) atoms. The highest BCUT2D eigenvalue weighted by atomic mass is 79.9. The zero-order chi connectivity index (χ0) is 13.8. The smallest absolute Gasteiger partial charge is 0.323 e. The highest BCUT2D eigenvalue weighted by Gasteiger charge is 2.07. The highest BCUT2D eigenvalue weighted by Crippen LogP contribution is 2.23. The number of hydrogen-bond acceptors (Lipinski definition) is 2. The first kappa shape index (κ1) is 13.4. The van der Waals surface area contributed by atoms with E-state index in [1.165, 1.54) is 18.2 Å². The molecule has 4 nitrogen and oxygen atoms in total. The molecule has 98 valence electrons. The van der Waals surface area contributed by atoms with Crippen LogP contribution in [0.1, 0.15) is 0 Å². The van der Waals surface area contributed by atoms with Crippen molar-refractivity contribution in [1.29, 1.82) is 0 Å². The van der Waals surface area contributed by atoms with Crippen molar-refractivity contribution in [2.45, 2.75) is 0 Å². The molecule has 0 aliphatic heterocycles. The number of urea groups is 1. The zero-order valence-corrected chi connectivity index (χ0v) is 11.4. The van der Waals surface area contributed by atoms with E-state index in [1.807, 2.05) is 0 Å². The van der Waals surface area contributed by atoms with Gasteiger partial charge in [-0.3, -0.25) is 0 Å². The maximum Gasteiger partial charge on any atom is 0.323 e. The molecular formula is C13H11BrFN3O. The summed E-state index contributed by atoms with van der Waals surface area (Å²) in [5, 5.41) is 5.15. The molecule has 2 aromatic carbocycles. The summed E-state index contributed by atoms with van der Waals surface area (Å²) < 4.78 is 13.7. The molecule has 0 heterocycles. The van der Waals surface area contributed by atoms with Crippen LogP contribution in [0.3, 0.4) is 0 Å². The second-order valence-corrected chi connectivity index (χ2v) is 4.68. The predicted molar refractivity (Wildman–Crippen MR) is 77.6 cm³/mol. The maximum atomic E-state index is 13.1. The summed E-state index contributed by atoms with van der Waals surface area (Å²) in [6.07, 6.45) is 0. The van der Waals surface area contributed by atoms with E-state index in [-0.39, 0.29) is 0 Å². The summed E-state index contributed by atoms with van der Waals surface area (Å²) >= 11 is 3.23. The van der Waals surface area contributed by atoms with Gasteiger partial charge in [-0.05, 0) is 52.3 Å². The molecule has 0 atom stereocenters. The van der Waals surface area contributed by atoms with Gasteiger partial charge in [0.1, 0.15) is 5.82 Å². The number of carbonyl (C=O) groups excluding carboxylic acids is 1. The van der Waals surface area contributed by atoms with Gasteiger partial charge < -0.3 is 16.4 Å². The number of nitrogens with one attached hydrogen (secondary N) is 2. The van der Waals surface area contributed by atoms with E-state index in [9.17, 15) is 9.18 Å². The first-order chi connectivity index (χ1) is 9.04. The molecule has 6 heteroatoms. The predicted octanol–water partition coefficient (Wildman–Crippen LogP) is 3.81. The van der Waals surface area contributed by atoms with E-state index in [4.69, 9.17) is 5.73 Å². The van der Waals surface area contributed by atoms with Crippen LogP contribution in [0.25, 0.3) is 0 Å². The van der Waals surface area contributed by atoms with E-state index < -0.39 is 11.8 Å². The fourth-order valence-corrected chi connectivity index (χ4v) is 1.84. The molecule has 0 aliphatic rings. The third kappa shape index (κ3) is 3.69. The van der Waals surface area contributed by atoms with E-state index in [0.29, 0.717) is 21.5 Å². The van der Waals surface area contributed by atoms with Gasteiger partial charge in [0.15, 0.2) is 0 Å². The molecule has 0 aliphatic carbocycles. The second kappa shape index (κ2) is 5.71. The third-order valence-corrected chi connectivity index (χ3v) is 3.01. The summed E-state index contributed by atoms with van der Waals surface area (Å²) in [5.74, 6) is -0.428. The van der Waals surface area contributed by atoms with Gasteiger partial charge >= 0.3 is 6.03 Å². The van der Waals surface area contributed by atoms with Crippen molar-refractivity contribution in [1.82, 2.24) is 0 Å². The standard InChI is InChI=1S/C13H11BrFN3O/c14-11-5-4-8(15)6-12(11)18-13(19)17-10-3-1-2-9(16)7-10/h1-7H,16H2,(H2,17,18,19). The lowest BCUT2D eigenvalue weighted by Gasteiger charge is -2.09. The average Bonchev–Trinajstić information content (AvgIpc) is 2.34. The Hall–Kier alpha value is -2.08. The topological polar surface area (TPSA) is 67.1 Å². The fourth-order valence-electron chi connectivity index (χ4n) is 1.49. The van der Waals surface area contributed by atoms with Crippen LogP contribution in [0, 0.1) is 5.82 Å². The minimum atomic E-state index is -0.475. The number of amides is 2. The Balaban J connectivity index is 2.07.